The van der Waals surface area contributed by atoms with Crippen LogP contribution in [-0.4, -0.2) is 23.3 Å². The Kier molecular flexibility index (Phi) is 7.31. The van der Waals surface area contributed by atoms with E-state index >= 15 is 0 Å². The molecular weight excluding hydrogens is 737 g/mol. The third-order valence-electron chi connectivity index (χ3n) is 12.1. The van der Waals surface area contributed by atoms with Crippen LogP contribution in [-0.2, 0) is 0 Å². The SMILES string of the molecule is C/C=C\C(=C/N)n1c2ccccc2c2c3c4ccccc4n(-c4ccc5c(=O)c6ccccc6n(-c6ccccc6)c5c4)c3c3c4ccccc4n(-c4ccccn4)c3c21. The molecule has 0 amide bonds. The molecule has 7 nitrogen and oxygen atoms in total. The van der Waals surface area contributed by atoms with Gasteiger partial charge in [-0.15, -0.1) is 0 Å². The number of nitrogens with two attached hydrogens (primary N) is 1. The number of allylic oxidation sites excluding steroid dienone is 3. The summed E-state index contributed by atoms with van der Waals surface area (Å²) < 4.78 is 9.26. The van der Waals surface area contributed by atoms with Gasteiger partial charge in [-0.3, -0.25) is 9.36 Å². The number of para-hydroxylation sites is 5. The van der Waals surface area contributed by atoms with Gasteiger partial charge >= 0.3 is 0 Å². The third kappa shape index (κ3) is 4.54. The highest BCUT2D eigenvalue weighted by Crippen LogP contribution is 2.50. The standard InChI is InChI=1S/C53H36N6O/c1-2-16-35(32-54)58-42-24-11-7-20-37(42)48-47-36-19-6-10-23-41(36)57(50(47)49-38-21-8-12-25-43(38)59(52(49)51(48)58)46-27-14-15-30-55-46)34-28-29-40-45(31-34)56(33-17-4-3-5-18-33)44-26-13-9-22-39(44)53(40)60/h2-32H,54H2,1H3/b16-2-,35-32+. The molecule has 0 fully saturated rings. The van der Waals surface area contributed by atoms with Crippen LogP contribution in [0.3, 0.4) is 0 Å². The predicted octanol–water partition coefficient (Wildman–Crippen LogP) is 12.2. The van der Waals surface area contributed by atoms with Gasteiger partial charge in [0.05, 0.1) is 49.8 Å². The van der Waals surface area contributed by atoms with E-state index in [4.69, 9.17) is 10.7 Å². The van der Waals surface area contributed by atoms with Crippen molar-refractivity contribution >= 4 is 92.9 Å². The van der Waals surface area contributed by atoms with E-state index in [1.807, 2.05) is 79.9 Å². The minimum atomic E-state index is 0.0155. The van der Waals surface area contributed by atoms with Crippen LogP contribution in [0, 0.1) is 0 Å². The number of fused-ring (bicyclic) bond motifs is 14. The van der Waals surface area contributed by atoms with Crippen LogP contribution < -0.4 is 11.2 Å². The summed E-state index contributed by atoms with van der Waals surface area (Å²) >= 11 is 0. The van der Waals surface area contributed by atoms with Gasteiger partial charge in [0.15, 0.2) is 5.43 Å². The van der Waals surface area contributed by atoms with Gasteiger partial charge in [-0.1, -0.05) is 97.1 Å². The van der Waals surface area contributed by atoms with Crippen molar-refractivity contribution in [3.63, 3.8) is 0 Å². The Balaban J connectivity index is 1.37. The Bertz CT molecular complexity index is 3860. The minimum absolute atomic E-state index is 0.0155. The fourth-order valence-corrected chi connectivity index (χ4v) is 9.81. The second kappa shape index (κ2) is 12.9. The van der Waals surface area contributed by atoms with Gasteiger partial charge in [-0.05, 0) is 85.8 Å². The second-order valence-electron chi connectivity index (χ2n) is 15.2. The van der Waals surface area contributed by atoms with E-state index in [2.05, 4.69) is 127 Å². The third-order valence-corrected chi connectivity index (χ3v) is 12.1. The van der Waals surface area contributed by atoms with Gasteiger partial charge in [-0.25, -0.2) is 4.98 Å². The maximum absolute atomic E-state index is 14.3. The quantitative estimate of drug-likeness (QED) is 0.140. The van der Waals surface area contributed by atoms with E-state index < -0.39 is 0 Å². The molecule has 5 aromatic heterocycles. The predicted molar refractivity (Wildman–Crippen MR) is 250 cm³/mol. The largest absolute Gasteiger partial charge is 0.403 e. The van der Waals surface area contributed by atoms with Crippen molar-refractivity contribution in [2.24, 2.45) is 5.73 Å². The molecule has 0 radical (unpaired) electrons. The average molecular weight is 773 g/mol. The highest BCUT2D eigenvalue weighted by atomic mass is 16.1. The summed E-state index contributed by atoms with van der Waals surface area (Å²) in [6.07, 6.45) is 7.66. The summed E-state index contributed by atoms with van der Waals surface area (Å²) in [5, 5.41) is 8.05. The molecule has 7 heteroatoms. The van der Waals surface area contributed by atoms with Crippen molar-refractivity contribution in [2.75, 3.05) is 0 Å². The van der Waals surface area contributed by atoms with E-state index in [-0.39, 0.29) is 5.43 Å². The van der Waals surface area contributed by atoms with Crippen LogP contribution in [0.1, 0.15) is 6.92 Å². The van der Waals surface area contributed by atoms with Gasteiger partial charge in [0.2, 0.25) is 0 Å². The van der Waals surface area contributed by atoms with Crippen molar-refractivity contribution < 1.29 is 0 Å². The fourth-order valence-electron chi connectivity index (χ4n) is 9.81. The molecule has 0 unspecified atom stereocenters. The molecule has 284 valence electrons. The average Bonchev–Trinajstić information content (AvgIpc) is 3.95. The summed E-state index contributed by atoms with van der Waals surface area (Å²) in [5.74, 6) is 0.817. The molecule has 12 aromatic rings. The molecule has 0 saturated carbocycles. The first kappa shape index (κ1) is 33.9. The molecule has 7 aromatic carbocycles. The smallest absolute Gasteiger partial charge is 0.197 e. The molecule has 0 bridgehead atoms. The molecule has 12 rings (SSSR count). The van der Waals surface area contributed by atoms with Gasteiger partial charge in [-0.2, -0.15) is 0 Å². The first-order valence-corrected chi connectivity index (χ1v) is 20.2. The molecule has 0 aliphatic carbocycles. The lowest BCUT2D eigenvalue weighted by Crippen LogP contribution is -2.11. The number of hydrogen-bond donors (Lipinski definition) is 1. The summed E-state index contributed by atoms with van der Waals surface area (Å²) in [6, 6.07) is 56.6. The van der Waals surface area contributed by atoms with Crippen molar-refractivity contribution in [3.8, 4) is 17.2 Å². The molecular formula is C53H36N6O. The van der Waals surface area contributed by atoms with Crippen LogP contribution in [0.4, 0.5) is 0 Å². The topological polar surface area (TPSA) is 75.7 Å². The Morgan fingerprint density at radius 1 is 0.500 bits per heavy atom. The van der Waals surface area contributed by atoms with Gasteiger partial charge in [0, 0.05) is 66.9 Å². The van der Waals surface area contributed by atoms with E-state index in [9.17, 15) is 4.79 Å². The number of pyridine rings is 2. The Morgan fingerprint density at radius 3 is 1.75 bits per heavy atom. The minimum Gasteiger partial charge on any atom is -0.403 e. The molecule has 0 aliphatic heterocycles. The normalized spacial score (nSPS) is 12.6. The molecule has 0 aliphatic rings. The van der Waals surface area contributed by atoms with Gasteiger partial charge in [0.1, 0.15) is 5.82 Å². The number of aromatic nitrogens is 5. The van der Waals surface area contributed by atoms with Crippen molar-refractivity contribution in [1.29, 1.82) is 0 Å². The molecule has 2 N–H and O–H groups in total. The maximum Gasteiger partial charge on any atom is 0.197 e. The Labute approximate surface area is 343 Å². The first-order chi connectivity index (χ1) is 29.7. The number of rotatable bonds is 5. The molecule has 60 heavy (non-hydrogen) atoms. The Hall–Kier alpha value is -8.16. The molecule has 0 saturated heterocycles. The summed E-state index contributed by atoms with van der Waals surface area (Å²) in [5.41, 5.74) is 17.4. The van der Waals surface area contributed by atoms with Crippen molar-refractivity contribution in [1.82, 2.24) is 23.3 Å². The van der Waals surface area contributed by atoms with Crippen molar-refractivity contribution in [2.45, 2.75) is 6.92 Å². The Morgan fingerprint density at radius 2 is 1.07 bits per heavy atom. The van der Waals surface area contributed by atoms with Crippen LogP contribution in [0.5, 0.6) is 0 Å². The van der Waals surface area contributed by atoms with E-state index in [1.54, 1.807) is 6.20 Å². The van der Waals surface area contributed by atoms with Crippen molar-refractivity contribution in [3.05, 3.63) is 199 Å². The highest BCUT2D eigenvalue weighted by Gasteiger charge is 2.29. The van der Waals surface area contributed by atoms with E-state index in [0.29, 0.717) is 10.8 Å². The zero-order valence-electron chi connectivity index (χ0n) is 32.6. The monoisotopic (exact) mass is 772 g/mol. The summed E-state index contributed by atoms with van der Waals surface area (Å²) in [7, 11) is 0. The lowest BCUT2D eigenvalue weighted by Gasteiger charge is -2.17. The zero-order valence-corrected chi connectivity index (χ0v) is 32.6. The lowest BCUT2D eigenvalue weighted by atomic mass is 10.0. The van der Waals surface area contributed by atoms with Crippen LogP contribution >= 0.6 is 0 Å². The first-order valence-electron chi connectivity index (χ1n) is 20.2. The molecule has 0 spiro atoms. The number of nitrogens with zero attached hydrogens (tertiary/aromatic N) is 5. The number of hydrogen-bond acceptors (Lipinski definition) is 3. The highest BCUT2D eigenvalue weighted by molar-refractivity contribution is 6.40. The molecule has 5 heterocycles. The van der Waals surface area contributed by atoms with Crippen LogP contribution in [0.15, 0.2) is 193 Å². The summed E-state index contributed by atoms with van der Waals surface area (Å²) in [6.45, 7) is 2.02. The van der Waals surface area contributed by atoms with E-state index in [1.165, 1.54) is 0 Å². The van der Waals surface area contributed by atoms with Crippen LogP contribution in [0.25, 0.3) is 110 Å². The van der Waals surface area contributed by atoms with Gasteiger partial charge < -0.3 is 19.4 Å². The van der Waals surface area contributed by atoms with E-state index in [0.717, 1.165) is 99.3 Å². The molecule has 0 atom stereocenters. The van der Waals surface area contributed by atoms with Crippen LogP contribution in [0.2, 0.25) is 0 Å². The maximum atomic E-state index is 14.3. The zero-order chi connectivity index (χ0) is 40.1. The fraction of sp³-hybridized carbons (Fsp3) is 0.0189. The number of benzene rings is 7. The lowest BCUT2D eigenvalue weighted by molar-refractivity contribution is 1.08. The summed E-state index contributed by atoms with van der Waals surface area (Å²) in [4.78, 5) is 19.3. The second-order valence-corrected chi connectivity index (χ2v) is 15.2. The van der Waals surface area contributed by atoms with Gasteiger partial charge in [0.25, 0.3) is 0 Å².